The predicted octanol–water partition coefficient (Wildman–Crippen LogP) is 1.95. The van der Waals surface area contributed by atoms with E-state index in [1.165, 1.54) is 0 Å². The Kier molecular flexibility index (Phi) is 4.74. The fourth-order valence-corrected chi connectivity index (χ4v) is 3.76. The molecule has 1 atom stereocenters. The van der Waals surface area contributed by atoms with Crippen molar-refractivity contribution in [1.29, 1.82) is 0 Å². The van der Waals surface area contributed by atoms with E-state index in [1.54, 1.807) is 6.33 Å². The van der Waals surface area contributed by atoms with E-state index in [0.29, 0.717) is 45.8 Å². The molecule has 1 amide bonds. The number of aromatic nitrogens is 3. The van der Waals surface area contributed by atoms with E-state index in [0.717, 1.165) is 11.4 Å². The molecule has 0 saturated carbocycles. The number of fused-ring (bicyclic) bond motifs is 1. The molecule has 7 heteroatoms. The van der Waals surface area contributed by atoms with Crippen molar-refractivity contribution in [2.45, 2.75) is 44.6 Å². The van der Waals surface area contributed by atoms with Crippen LogP contribution in [0.15, 0.2) is 36.7 Å². The number of hydrogen-bond donors (Lipinski definition) is 0. The Balaban J connectivity index is 1.55. The summed E-state index contributed by atoms with van der Waals surface area (Å²) in [5.74, 6) is 0.869. The molecule has 0 aliphatic carbocycles. The highest BCUT2D eigenvalue weighted by molar-refractivity contribution is 5.86. The van der Waals surface area contributed by atoms with Gasteiger partial charge in [0.1, 0.15) is 6.33 Å². The van der Waals surface area contributed by atoms with Gasteiger partial charge in [-0.1, -0.05) is 30.3 Å². The standard InChI is InChI=1S/C19H24N4O3/c1-15-17-21-20-14-22(17)9-10-23(15)18(24)19(7-11-25-12-8-19)26-13-16-5-3-2-4-6-16/h2-6,14-15H,7-13H2,1H3. The second kappa shape index (κ2) is 7.17. The number of hydrogen-bond acceptors (Lipinski definition) is 5. The SMILES string of the molecule is CC1c2nncn2CCN1C(=O)C1(OCc2ccccc2)CCOCC1. The molecule has 2 aliphatic rings. The van der Waals surface area contributed by atoms with Gasteiger partial charge in [-0.3, -0.25) is 4.79 Å². The van der Waals surface area contributed by atoms with Crippen LogP contribution in [0.2, 0.25) is 0 Å². The van der Waals surface area contributed by atoms with E-state index in [2.05, 4.69) is 10.2 Å². The van der Waals surface area contributed by atoms with Gasteiger partial charge in [0.05, 0.1) is 12.6 Å². The van der Waals surface area contributed by atoms with Crippen LogP contribution in [-0.4, -0.2) is 50.9 Å². The molecule has 0 radical (unpaired) electrons. The summed E-state index contributed by atoms with van der Waals surface area (Å²) in [4.78, 5) is 15.4. The molecule has 1 saturated heterocycles. The Hall–Kier alpha value is -2.25. The maximum absolute atomic E-state index is 13.5. The zero-order chi connectivity index (χ0) is 18.0. The largest absolute Gasteiger partial charge is 0.381 e. The summed E-state index contributed by atoms with van der Waals surface area (Å²) in [5.41, 5.74) is 0.238. The van der Waals surface area contributed by atoms with Crippen LogP contribution < -0.4 is 0 Å². The molecule has 4 rings (SSSR count). The van der Waals surface area contributed by atoms with Crippen molar-refractivity contribution in [2.24, 2.45) is 0 Å². The molecule has 2 aliphatic heterocycles. The van der Waals surface area contributed by atoms with E-state index >= 15 is 0 Å². The normalized spacial score (nSPS) is 22.0. The monoisotopic (exact) mass is 356 g/mol. The average molecular weight is 356 g/mol. The zero-order valence-corrected chi connectivity index (χ0v) is 15.0. The first-order valence-corrected chi connectivity index (χ1v) is 9.14. The second-order valence-electron chi connectivity index (χ2n) is 6.94. The number of rotatable bonds is 4. The molecule has 0 N–H and O–H groups in total. The summed E-state index contributed by atoms with van der Waals surface area (Å²) in [7, 11) is 0. The summed E-state index contributed by atoms with van der Waals surface area (Å²) >= 11 is 0. The number of amides is 1. The predicted molar refractivity (Wildman–Crippen MR) is 94.2 cm³/mol. The fraction of sp³-hybridized carbons (Fsp3) is 0.526. The van der Waals surface area contributed by atoms with Gasteiger partial charge in [0.15, 0.2) is 11.4 Å². The lowest BCUT2D eigenvalue weighted by molar-refractivity contribution is -0.177. The van der Waals surface area contributed by atoms with Gasteiger partial charge in [0.2, 0.25) is 0 Å². The minimum Gasteiger partial charge on any atom is -0.381 e. The molecular weight excluding hydrogens is 332 g/mol. The third-order valence-corrected chi connectivity index (χ3v) is 5.38. The molecule has 7 nitrogen and oxygen atoms in total. The minimum atomic E-state index is -0.829. The second-order valence-corrected chi connectivity index (χ2v) is 6.94. The van der Waals surface area contributed by atoms with Crippen LogP contribution in [0.3, 0.4) is 0 Å². The molecular formula is C19H24N4O3. The summed E-state index contributed by atoms with van der Waals surface area (Å²) in [5, 5.41) is 8.16. The van der Waals surface area contributed by atoms with Crippen molar-refractivity contribution in [3.8, 4) is 0 Å². The molecule has 1 fully saturated rings. The van der Waals surface area contributed by atoms with Crippen molar-refractivity contribution in [2.75, 3.05) is 19.8 Å². The van der Waals surface area contributed by atoms with Crippen LogP contribution in [0.4, 0.5) is 0 Å². The third kappa shape index (κ3) is 3.12. The highest BCUT2D eigenvalue weighted by Gasteiger charge is 2.46. The first kappa shape index (κ1) is 17.2. The van der Waals surface area contributed by atoms with Gasteiger partial charge >= 0.3 is 0 Å². The summed E-state index contributed by atoms with van der Waals surface area (Å²) < 4.78 is 13.8. The van der Waals surface area contributed by atoms with Crippen LogP contribution in [-0.2, 0) is 27.4 Å². The van der Waals surface area contributed by atoms with Crippen molar-refractivity contribution in [3.05, 3.63) is 48.0 Å². The third-order valence-electron chi connectivity index (χ3n) is 5.38. The summed E-state index contributed by atoms with van der Waals surface area (Å²) in [6.07, 6.45) is 2.88. The lowest BCUT2D eigenvalue weighted by Gasteiger charge is -2.42. The number of benzene rings is 1. The van der Waals surface area contributed by atoms with Crippen LogP contribution >= 0.6 is 0 Å². The van der Waals surface area contributed by atoms with Gasteiger partial charge in [0, 0.05) is 39.1 Å². The quantitative estimate of drug-likeness (QED) is 0.837. The maximum atomic E-state index is 13.5. The number of ether oxygens (including phenoxy) is 2. The molecule has 1 unspecified atom stereocenters. The fourth-order valence-electron chi connectivity index (χ4n) is 3.76. The lowest BCUT2D eigenvalue weighted by Crippen LogP contribution is -2.56. The Bertz CT molecular complexity index is 755. The van der Waals surface area contributed by atoms with Crippen LogP contribution in [0.5, 0.6) is 0 Å². The molecule has 0 spiro atoms. The number of carbonyl (C=O) groups is 1. The minimum absolute atomic E-state index is 0.0403. The molecule has 3 heterocycles. The molecule has 26 heavy (non-hydrogen) atoms. The highest BCUT2D eigenvalue weighted by Crippen LogP contribution is 2.33. The first-order valence-electron chi connectivity index (χ1n) is 9.14. The molecule has 1 aromatic carbocycles. The van der Waals surface area contributed by atoms with E-state index in [9.17, 15) is 4.79 Å². The van der Waals surface area contributed by atoms with Gasteiger partial charge < -0.3 is 18.9 Å². The van der Waals surface area contributed by atoms with Crippen molar-refractivity contribution >= 4 is 5.91 Å². The van der Waals surface area contributed by atoms with E-state index < -0.39 is 5.60 Å². The van der Waals surface area contributed by atoms with E-state index in [-0.39, 0.29) is 11.9 Å². The van der Waals surface area contributed by atoms with Crippen molar-refractivity contribution < 1.29 is 14.3 Å². The van der Waals surface area contributed by atoms with Crippen LogP contribution in [0.1, 0.15) is 37.2 Å². The zero-order valence-electron chi connectivity index (χ0n) is 15.0. The van der Waals surface area contributed by atoms with Gasteiger partial charge in [-0.05, 0) is 12.5 Å². The molecule has 138 valence electrons. The maximum Gasteiger partial charge on any atom is 0.255 e. The van der Waals surface area contributed by atoms with Gasteiger partial charge in [-0.15, -0.1) is 10.2 Å². The smallest absolute Gasteiger partial charge is 0.255 e. The molecule has 0 bridgehead atoms. The summed E-state index contributed by atoms with van der Waals surface area (Å²) in [6.45, 7) is 4.86. The van der Waals surface area contributed by atoms with E-state index in [1.807, 2.05) is 46.7 Å². The van der Waals surface area contributed by atoms with E-state index in [4.69, 9.17) is 9.47 Å². The Labute approximate surface area is 152 Å². The molecule has 1 aromatic heterocycles. The number of nitrogens with zero attached hydrogens (tertiary/aromatic N) is 4. The van der Waals surface area contributed by atoms with Crippen LogP contribution in [0.25, 0.3) is 0 Å². The number of carbonyl (C=O) groups excluding carboxylic acids is 1. The Morgan fingerprint density at radius 2 is 2.04 bits per heavy atom. The summed E-state index contributed by atoms with van der Waals surface area (Å²) in [6, 6.07) is 9.86. The topological polar surface area (TPSA) is 69.5 Å². The van der Waals surface area contributed by atoms with Gasteiger partial charge in [-0.25, -0.2) is 0 Å². The van der Waals surface area contributed by atoms with Gasteiger partial charge in [0.25, 0.3) is 5.91 Å². The molecule has 2 aromatic rings. The lowest BCUT2D eigenvalue weighted by atomic mass is 9.91. The van der Waals surface area contributed by atoms with Gasteiger partial charge in [-0.2, -0.15) is 0 Å². The Morgan fingerprint density at radius 3 is 2.81 bits per heavy atom. The Morgan fingerprint density at radius 1 is 1.27 bits per heavy atom. The first-order chi connectivity index (χ1) is 12.7. The van der Waals surface area contributed by atoms with Crippen LogP contribution in [0, 0.1) is 0 Å². The average Bonchev–Trinajstić information content (AvgIpc) is 3.18. The van der Waals surface area contributed by atoms with Crippen molar-refractivity contribution in [1.82, 2.24) is 19.7 Å². The van der Waals surface area contributed by atoms with Crippen molar-refractivity contribution in [3.63, 3.8) is 0 Å². The highest BCUT2D eigenvalue weighted by atomic mass is 16.5.